The molecular formula is C25H17N9. The van der Waals surface area contributed by atoms with Crippen molar-refractivity contribution in [2.45, 2.75) is 6.42 Å². The molecule has 0 unspecified atom stereocenters. The van der Waals surface area contributed by atoms with Gasteiger partial charge in [-0.05, 0) is 42.5 Å². The average molecular weight is 443 g/mol. The predicted octanol–water partition coefficient (Wildman–Crippen LogP) is 4.01. The van der Waals surface area contributed by atoms with Gasteiger partial charge in [0.15, 0.2) is 17.5 Å². The van der Waals surface area contributed by atoms with Crippen molar-refractivity contribution in [1.29, 1.82) is 0 Å². The van der Waals surface area contributed by atoms with Gasteiger partial charge in [0, 0.05) is 37.1 Å². The Morgan fingerprint density at radius 3 is 1.79 bits per heavy atom. The van der Waals surface area contributed by atoms with E-state index in [2.05, 4.69) is 21.0 Å². The Hall–Kier alpha value is -4.92. The van der Waals surface area contributed by atoms with Crippen molar-refractivity contribution >= 4 is 17.4 Å². The van der Waals surface area contributed by atoms with Gasteiger partial charge < -0.3 is 0 Å². The van der Waals surface area contributed by atoms with Crippen molar-refractivity contribution in [3.8, 4) is 28.6 Å². The van der Waals surface area contributed by atoms with E-state index in [-0.39, 0.29) is 0 Å². The summed E-state index contributed by atoms with van der Waals surface area (Å²) in [6.07, 6.45) is 8.07. The highest BCUT2D eigenvalue weighted by Crippen LogP contribution is 2.38. The summed E-state index contributed by atoms with van der Waals surface area (Å²) in [7, 11) is 0. The van der Waals surface area contributed by atoms with Crippen LogP contribution in [0.4, 0.5) is 5.82 Å². The third kappa shape index (κ3) is 2.87. The molecule has 2 aliphatic rings. The summed E-state index contributed by atoms with van der Waals surface area (Å²) >= 11 is 0. The highest BCUT2D eigenvalue weighted by Gasteiger charge is 2.33. The van der Waals surface area contributed by atoms with Gasteiger partial charge in [-0.1, -0.05) is 18.2 Å². The van der Waals surface area contributed by atoms with E-state index < -0.39 is 0 Å². The number of hydrogen-bond donors (Lipinski definition) is 0. The molecule has 0 bridgehead atoms. The van der Waals surface area contributed by atoms with Crippen LogP contribution in [0.2, 0.25) is 0 Å². The largest absolute Gasteiger partial charge is 0.255 e. The van der Waals surface area contributed by atoms with Gasteiger partial charge in [-0.3, -0.25) is 15.0 Å². The van der Waals surface area contributed by atoms with Crippen LogP contribution >= 0.6 is 0 Å². The second-order valence-corrected chi connectivity index (χ2v) is 7.87. The van der Waals surface area contributed by atoms with Gasteiger partial charge in [0.2, 0.25) is 0 Å². The summed E-state index contributed by atoms with van der Waals surface area (Å²) in [6, 6.07) is 21.4. The fraction of sp³-hybridized carbons (Fsp3) is 0.0400. The monoisotopic (exact) mass is 443 g/mol. The summed E-state index contributed by atoms with van der Waals surface area (Å²) in [5, 5.41) is 16.6. The zero-order valence-corrected chi connectivity index (χ0v) is 17.9. The minimum Gasteiger partial charge on any atom is -0.255 e. The molecular weight excluding hydrogens is 426 g/mol. The zero-order chi connectivity index (χ0) is 22.5. The minimum atomic E-state index is 0.641. The lowest BCUT2D eigenvalue weighted by molar-refractivity contribution is 0.706. The van der Waals surface area contributed by atoms with Gasteiger partial charge in [-0.2, -0.15) is 29.7 Å². The molecule has 0 amide bonds. The lowest BCUT2D eigenvalue weighted by atomic mass is 10.1. The number of nitrogens with zero attached hydrogens (tertiary/aromatic N) is 9. The first kappa shape index (κ1) is 18.6. The molecule has 0 radical (unpaired) electrons. The van der Waals surface area contributed by atoms with E-state index in [4.69, 9.17) is 15.3 Å². The molecule has 0 fully saturated rings. The highest BCUT2D eigenvalue weighted by atomic mass is 15.6. The lowest BCUT2D eigenvalue weighted by Gasteiger charge is -2.31. The molecule has 162 valence electrons. The molecule has 7 heterocycles. The van der Waals surface area contributed by atoms with Crippen molar-refractivity contribution in [2.24, 2.45) is 5.10 Å². The SMILES string of the molecule is C1=C2N(N=C(c3ccccn3)C1)c1cc(-c3ccccn3)nn1-c1cc(-c3ccccn3)nn12. The molecule has 0 atom stereocenters. The van der Waals surface area contributed by atoms with Gasteiger partial charge in [0.1, 0.15) is 11.4 Å². The smallest absolute Gasteiger partial charge is 0.162 e. The minimum absolute atomic E-state index is 0.641. The number of rotatable bonds is 3. The van der Waals surface area contributed by atoms with Crippen molar-refractivity contribution in [2.75, 3.05) is 5.01 Å². The maximum Gasteiger partial charge on any atom is 0.162 e. The molecule has 34 heavy (non-hydrogen) atoms. The van der Waals surface area contributed by atoms with Crippen molar-refractivity contribution in [3.05, 3.63) is 97.1 Å². The Morgan fingerprint density at radius 2 is 1.18 bits per heavy atom. The topological polar surface area (TPSA) is 89.9 Å². The Kier molecular flexibility index (Phi) is 4.01. The van der Waals surface area contributed by atoms with E-state index in [1.54, 1.807) is 18.6 Å². The Labute approximate surface area is 194 Å². The molecule has 0 aromatic carbocycles. The first-order chi connectivity index (χ1) is 16.8. The van der Waals surface area contributed by atoms with Crippen LogP contribution in [0, 0.1) is 0 Å². The van der Waals surface area contributed by atoms with Crippen LogP contribution in [0.5, 0.6) is 0 Å². The normalized spacial score (nSPS) is 14.1. The van der Waals surface area contributed by atoms with E-state index in [0.717, 1.165) is 51.6 Å². The van der Waals surface area contributed by atoms with E-state index in [0.29, 0.717) is 6.42 Å². The third-order valence-electron chi connectivity index (χ3n) is 5.76. The molecule has 2 aliphatic heterocycles. The van der Waals surface area contributed by atoms with Crippen LogP contribution in [0.1, 0.15) is 12.1 Å². The first-order valence-electron chi connectivity index (χ1n) is 10.9. The van der Waals surface area contributed by atoms with Gasteiger partial charge in [0.25, 0.3) is 0 Å². The summed E-state index contributed by atoms with van der Waals surface area (Å²) in [4.78, 5) is 13.4. The second kappa shape index (κ2) is 7.31. The number of fused-ring (bicyclic) bond motifs is 6. The third-order valence-corrected chi connectivity index (χ3v) is 5.76. The standard InChI is InChI=1S/C25H17N9/c1-4-12-26-17(7-1)20-10-11-23-32(29-20)24-16-22(19-9-3-6-14-28-19)31-34(24)25-15-21(30-33(23)25)18-8-2-5-13-27-18/h1-9,11-16H,10H2. The summed E-state index contributed by atoms with van der Waals surface area (Å²) in [6.45, 7) is 0. The van der Waals surface area contributed by atoms with Gasteiger partial charge in [-0.15, -0.1) is 0 Å². The predicted molar refractivity (Wildman–Crippen MR) is 128 cm³/mol. The van der Waals surface area contributed by atoms with Crippen molar-refractivity contribution in [3.63, 3.8) is 0 Å². The fourth-order valence-corrected chi connectivity index (χ4v) is 4.18. The van der Waals surface area contributed by atoms with Gasteiger partial charge in [-0.25, -0.2) is 0 Å². The summed E-state index contributed by atoms with van der Waals surface area (Å²) in [5.41, 5.74) is 4.81. The highest BCUT2D eigenvalue weighted by molar-refractivity contribution is 6.03. The molecule has 0 saturated carbocycles. The Balaban J connectivity index is 1.42. The molecule has 0 saturated heterocycles. The van der Waals surface area contributed by atoms with E-state index in [1.165, 1.54) is 0 Å². The molecule has 0 spiro atoms. The van der Waals surface area contributed by atoms with Crippen LogP contribution in [-0.4, -0.2) is 40.2 Å². The molecule has 0 aliphatic carbocycles. The summed E-state index contributed by atoms with van der Waals surface area (Å²) in [5.74, 6) is 2.47. The van der Waals surface area contributed by atoms with Gasteiger partial charge in [0.05, 0.1) is 22.8 Å². The number of hydrazone groups is 1. The van der Waals surface area contributed by atoms with E-state index in [9.17, 15) is 0 Å². The summed E-state index contributed by atoms with van der Waals surface area (Å²) < 4.78 is 3.72. The maximum absolute atomic E-state index is 4.96. The number of pyridine rings is 3. The lowest BCUT2D eigenvalue weighted by Crippen LogP contribution is -2.32. The number of hydrogen-bond acceptors (Lipinski definition) is 7. The van der Waals surface area contributed by atoms with Crippen LogP contribution in [-0.2, 0) is 0 Å². The molecule has 7 rings (SSSR count). The van der Waals surface area contributed by atoms with Crippen LogP contribution < -0.4 is 5.01 Å². The van der Waals surface area contributed by atoms with Crippen LogP contribution in [0.25, 0.3) is 34.4 Å². The number of allylic oxidation sites excluding steroid dienone is 1. The molecule has 5 aromatic rings. The fourth-order valence-electron chi connectivity index (χ4n) is 4.18. The van der Waals surface area contributed by atoms with Crippen molar-refractivity contribution < 1.29 is 0 Å². The molecule has 0 N–H and O–H groups in total. The van der Waals surface area contributed by atoms with E-state index >= 15 is 0 Å². The Morgan fingerprint density at radius 1 is 0.588 bits per heavy atom. The van der Waals surface area contributed by atoms with Crippen molar-refractivity contribution in [1.82, 2.24) is 34.5 Å². The zero-order valence-electron chi connectivity index (χ0n) is 17.9. The maximum atomic E-state index is 4.96. The number of anilines is 1. The van der Waals surface area contributed by atoms with E-state index in [1.807, 2.05) is 81.1 Å². The number of aromatic nitrogens is 7. The first-order valence-corrected chi connectivity index (χ1v) is 10.9. The molecule has 9 nitrogen and oxygen atoms in total. The Bertz CT molecular complexity index is 1560. The van der Waals surface area contributed by atoms with Gasteiger partial charge >= 0.3 is 0 Å². The van der Waals surface area contributed by atoms with Crippen LogP contribution in [0.3, 0.4) is 0 Å². The average Bonchev–Trinajstić information content (AvgIpc) is 3.56. The van der Waals surface area contributed by atoms with Crippen LogP contribution in [0.15, 0.2) is 96.5 Å². The second-order valence-electron chi connectivity index (χ2n) is 7.87. The molecule has 9 heteroatoms. The molecule has 5 aromatic heterocycles. The quantitative estimate of drug-likeness (QED) is 0.419.